The molecule has 7 nitrogen and oxygen atoms in total. The predicted molar refractivity (Wildman–Crippen MR) is 98.7 cm³/mol. The third-order valence-electron chi connectivity index (χ3n) is 4.22. The second-order valence-electron chi connectivity index (χ2n) is 6.11. The molecule has 0 fully saturated rings. The Morgan fingerprint density at radius 1 is 0.630 bits per heavy atom. The molecule has 0 aromatic heterocycles. The van der Waals surface area contributed by atoms with E-state index in [1.807, 2.05) is 0 Å². The van der Waals surface area contributed by atoms with Crippen LogP contribution in [0, 0.1) is 0 Å². The van der Waals surface area contributed by atoms with Crippen molar-refractivity contribution in [1.29, 1.82) is 0 Å². The van der Waals surface area contributed by atoms with Crippen LogP contribution in [-0.2, 0) is 4.74 Å². The van der Waals surface area contributed by atoms with Crippen molar-refractivity contribution in [2.24, 2.45) is 0 Å². The molecule has 0 aliphatic heterocycles. The highest BCUT2D eigenvalue weighted by Gasteiger charge is 2.22. The summed E-state index contributed by atoms with van der Waals surface area (Å²) in [5.41, 5.74) is 1.04. The molecule has 0 saturated carbocycles. The van der Waals surface area contributed by atoms with Crippen LogP contribution in [0.1, 0.15) is 23.3 Å². The molecule has 0 amide bonds. The van der Waals surface area contributed by atoms with Gasteiger partial charge in [0.25, 0.3) is 0 Å². The highest BCUT2D eigenvalue weighted by atomic mass is 16.5. The van der Waals surface area contributed by atoms with E-state index in [-0.39, 0.29) is 13.2 Å². The molecule has 4 atom stereocenters. The van der Waals surface area contributed by atoms with Crippen LogP contribution in [-0.4, -0.2) is 60.1 Å². The van der Waals surface area contributed by atoms with E-state index in [9.17, 15) is 20.4 Å². The fourth-order valence-corrected chi connectivity index (χ4v) is 2.54. The normalized spacial score (nSPS) is 15.6. The average Bonchev–Trinajstić information content (AvgIpc) is 2.72. The fourth-order valence-electron chi connectivity index (χ4n) is 2.54. The van der Waals surface area contributed by atoms with E-state index < -0.39 is 24.4 Å². The number of hydrogen-bond donors (Lipinski definition) is 4. The second-order valence-corrected chi connectivity index (χ2v) is 6.11. The van der Waals surface area contributed by atoms with Crippen molar-refractivity contribution in [3.63, 3.8) is 0 Å². The summed E-state index contributed by atoms with van der Waals surface area (Å²) in [5.74, 6) is 1.29. The van der Waals surface area contributed by atoms with Crippen molar-refractivity contribution in [2.75, 3.05) is 27.4 Å². The van der Waals surface area contributed by atoms with Crippen LogP contribution < -0.4 is 9.47 Å². The maximum atomic E-state index is 10.2. The largest absolute Gasteiger partial charge is 0.497 e. The van der Waals surface area contributed by atoms with Gasteiger partial charge in [0.2, 0.25) is 0 Å². The molecule has 2 aromatic rings. The van der Waals surface area contributed by atoms with Gasteiger partial charge in [0.1, 0.15) is 35.9 Å². The number of ether oxygens (including phenoxy) is 3. The zero-order valence-electron chi connectivity index (χ0n) is 15.4. The first kappa shape index (κ1) is 21.1. The van der Waals surface area contributed by atoms with E-state index in [0.29, 0.717) is 22.6 Å². The van der Waals surface area contributed by atoms with Crippen LogP contribution in [0.2, 0.25) is 0 Å². The molecule has 2 rings (SSSR count). The summed E-state index contributed by atoms with van der Waals surface area (Å²) in [6.07, 6.45) is -4.63. The maximum absolute atomic E-state index is 10.2. The van der Waals surface area contributed by atoms with Crippen molar-refractivity contribution in [3.8, 4) is 11.5 Å². The topological polar surface area (TPSA) is 109 Å². The Balaban J connectivity index is 1.80. The van der Waals surface area contributed by atoms with Crippen molar-refractivity contribution < 1.29 is 34.6 Å². The molecule has 0 bridgehead atoms. The molecule has 4 N–H and O–H groups in total. The highest BCUT2D eigenvalue weighted by molar-refractivity contribution is 5.29. The molecular weight excluding hydrogens is 352 g/mol. The van der Waals surface area contributed by atoms with E-state index in [1.54, 1.807) is 62.8 Å². The summed E-state index contributed by atoms with van der Waals surface area (Å²) in [7, 11) is 3.08. The standard InChI is InChI=1S/C20H26O7/c1-25-15-7-3-13(4-8-15)19(23)17(21)11-27-12-18(22)20(24)14-5-9-16(26-2)10-6-14/h3-10,17-24H,11-12H2,1-2H3. The van der Waals surface area contributed by atoms with Crippen molar-refractivity contribution in [3.05, 3.63) is 59.7 Å². The smallest absolute Gasteiger partial charge is 0.118 e. The van der Waals surface area contributed by atoms with Crippen LogP contribution >= 0.6 is 0 Å². The van der Waals surface area contributed by atoms with E-state index in [2.05, 4.69) is 0 Å². The van der Waals surface area contributed by atoms with Crippen LogP contribution in [0.3, 0.4) is 0 Å². The summed E-state index contributed by atoms with van der Waals surface area (Å²) in [5, 5.41) is 40.4. The van der Waals surface area contributed by atoms with Gasteiger partial charge in [0.05, 0.1) is 27.4 Å². The van der Waals surface area contributed by atoms with Gasteiger partial charge in [-0.3, -0.25) is 0 Å². The maximum Gasteiger partial charge on any atom is 0.118 e. The molecule has 0 aliphatic rings. The van der Waals surface area contributed by atoms with Crippen LogP contribution in [0.5, 0.6) is 11.5 Å². The lowest BCUT2D eigenvalue weighted by Gasteiger charge is -2.21. The van der Waals surface area contributed by atoms with E-state index in [4.69, 9.17) is 14.2 Å². The van der Waals surface area contributed by atoms with Gasteiger partial charge in [-0.25, -0.2) is 0 Å². The van der Waals surface area contributed by atoms with Gasteiger partial charge in [-0.1, -0.05) is 24.3 Å². The van der Waals surface area contributed by atoms with Gasteiger partial charge >= 0.3 is 0 Å². The molecular formula is C20H26O7. The predicted octanol–water partition coefficient (Wildman–Crippen LogP) is 1.21. The van der Waals surface area contributed by atoms with Gasteiger partial charge in [0.15, 0.2) is 0 Å². The molecule has 0 aliphatic carbocycles. The number of aliphatic hydroxyl groups is 4. The SMILES string of the molecule is COc1ccc(C(O)C(O)COCC(O)C(O)c2ccc(OC)cc2)cc1. The number of benzene rings is 2. The second kappa shape index (κ2) is 10.2. The van der Waals surface area contributed by atoms with Gasteiger partial charge in [0, 0.05) is 0 Å². The Morgan fingerprint density at radius 2 is 0.963 bits per heavy atom. The zero-order valence-corrected chi connectivity index (χ0v) is 15.4. The number of aliphatic hydroxyl groups excluding tert-OH is 4. The molecule has 0 heterocycles. The molecule has 27 heavy (non-hydrogen) atoms. The summed E-state index contributed by atoms with van der Waals surface area (Å²) < 4.78 is 15.4. The molecule has 0 radical (unpaired) electrons. The Kier molecular flexibility index (Phi) is 8.02. The van der Waals surface area contributed by atoms with E-state index in [1.165, 1.54) is 0 Å². The summed E-state index contributed by atoms with van der Waals surface area (Å²) in [6, 6.07) is 13.3. The zero-order chi connectivity index (χ0) is 19.8. The molecule has 7 heteroatoms. The van der Waals surface area contributed by atoms with Gasteiger partial charge in [-0.2, -0.15) is 0 Å². The molecule has 148 valence electrons. The molecule has 2 aromatic carbocycles. The minimum Gasteiger partial charge on any atom is -0.497 e. The minimum absolute atomic E-state index is 0.195. The lowest BCUT2D eigenvalue weighted by atomic mass is 10.0. The first-order chi connectivity index (χ1) is 13.0. The van der Waals surface area contributed by atoms with Crippen molar-refractivity contribution in [2.45, 2.75) is 24.4 Å². The first-order valence-corrected chi connectivity index (χ1v) is 8.54. The summed E-state index contributed by atoms with van der Waals surface area (Å²) >= 11 is 0. The van der Waals surface area contributed by atoms with E-state index in [0.717, 1.165) is 0 Å². The average molecular weight is 378 g/mol. The third-order valence-corrected chi connectivity index (χ3v) is 4.22. The number of rotatable bonds is 10. The fraction of sp³-hybridized carbons (Fsp3) is 0.400. The summed E-state index contributed by atoms with van der Waals surface area (Å²) in [6.45, 7) is -0.390. The lowest BCUT2D eigenvalue weighted by Crippen LogP contribution is -2.29. The Bertz CT molecular complexity index is 612. The van der Waals surface area contributed by atoms with Crippen molar-refractivity contribution in [1.82, 2.24) is 0 Å². The van der Waals surface area contributed by atoms with Gasteiger partial charge in [-0.15, -0.1) is 0 Å². The Morgan fingerprint density at radius 3 is 1.26 bits per heavy atom. The highest BCUT2D eigenvalue weighted by Crippen LogP contribution is 2.22. The molecule has 4 unspecified atom stereocenters. The molecule has 0 spiro atoms. The Labute approximate surface area is 158 Å². The quantitative estimate of drug-likeness (QED) is 0.492. The monoisotopic (exact) mass is 378 g/mol. The molecule has 0 saturated heterocycles. The number of methoxy groups -OCH3 is 2. The van der Waals surface area contributed by atoms with Crippen LogP contribution in [0.4, 0.5) is 0 Å². The third kappa shape index (κ3) is 5.92. The number of hydrogen-bond acceptors (Lipinski definition) is 7. The summed E-state index contributed by atoms with van der Waals surface area (Å²) in [4.78, 5) is 0. The van der Waals surface area contributed by atoms with Crippen LogP contribution in [0.25, 0.3) is 0 Å². The van der Waals surface area contributed by atoms with E-state index >= 15 is 0 Å². The van der Waals surface area contributed by atoms with Gasteiger partial charge in [-0.05, 0) is 35.4 Å². The Hall–Kier alpha value is -2.16. The minimum atomic E-state index is -1.18. The van der Waals surface area contributed by atoms with Gasteiger partial charge < -0.3 is 34.6 Å². The lowest BCUT2D eigenvalue weighted by molar-refractivity contribution is -0.0788. The van der Waals surface area contributed by atoms with Crippen LogP contribution in [0.15, 0.2) is 48.5 Å². The first-order valence-electron chi connectivity index (χ1n) is 8.54. The van der Waals surface area contributed by atoms with Crippen molar-refractivity contribution >= 4 is 0 Å².